The molecular weight excluding hydrogens is 222 g/mol. The molecule has 0 spiro atoms. The molecule has 0 unspecified atom stereocenters. The van der Waals surface area contributed by atoms with Crippen molar-refractivity contribution in [1.82, 2.24) is 25.4 Å². The van der Waals surface area contributed by atoms with Gasteiger partial charge < -0.3 is 14.9 Å². The molecule has 7 heteroatoms. The lowest BCUT2D eigenvalue weighted by Crippen LogP contribution is -2.15. The number of β-amino-alcohol motifs (C(OH)–C–C–N with tert-alkyl or cyclic N) is 1. The summed E-state index contributed by atoms with van der Waals surface area (Å²) in [6, 6.07) is -0.0806. The van der Waals surface area contributed by atoms with E-state index in [9.17, 15) is 5.11 Å². The lowest BCUT2D eigenvalue weighted by Gasteiger charge is -2.01. The molecule has 0 aliphatic carbocycles. The Labute approximate surface area is 96.9 Å². The summed E-state index contributed by atoms with van der Waals surface area (Å²) < 4.78 is 5.15. The molecule has 3 rings (SSSR count). The Morgan fingerprint density at radius 2 is 2.35 bits per heavy atom. The van der Waals surface area contributed by atoms with Crippen LogP contribution in [0.1, 0.15) is 18.4 Å². The zero-order valence-electron chi connectivity index (χ0n) is 8.95. The average molecular weight is 233 g/mol. The lowest BCUT2D eigenvalue weighted by molar-refractivity contribution is 0.191. The first kappa shape index (κ1) is 10.3. The Morgan fingerprint density at radius 3 is 3.06 bits per heavy atom. The molecule has 0 radical (unpaired) electrons. The summed E-state index contributed by atoms with van der Waals surface area (Å²) in [6.45, 7) is 0.549. The van der Waals surface area contributed by atoms with Gasteiger partial charge in [0.1, 0.15) is 5.69 Å². The van der Waals surface area contributed by atoms with Gasteiger partial charge in [0.2, 0.25) is 11.7 Å². The highest BCUT2D eigenvalue weighted by Crippen LogP contribution is 2.23. The summed E-state index contributed by atoms with van der Waals surface area (Å²) in [7, 11) is 0. The predicted molar refractivity (Wildman–Crippen MR) is 56.7 cm³/mol. The molecule has 2 aromatic rings. The minimum absolute atomic E-state index is 0.0806. The first-order chi connectivity index (χ1) is 8.33. The van der Waals surface area contributed by atoms with Gasteiger partial charge in [0, 0.05) is 18.9 Å². The van der Waals surface area contributed by atoms with Crippen LogP contribution in [-0.4, -0.2) is 37.9 Å². The molecule has 2 N–H and O–H groups in total. The summed E-state index contributed by atoms with van der Waals surface area (Å²) in [5.74, 6) is 0.887. The molecule has 0 amide bonds. The predicted octanol–water partition coefficient (Wildman–Crippen LogP) is -0.0781. The van der Waals surface area contributed by atoms with Crippen LogP contribution in [0.5, 0.6) is 0 Å². The number of aromatic nitrogens is 4. The van der Waals surface area contributed by atoms with Crippen LogP contribution in [0.2, 0.25) is 0 Å². The fraction of sp³-hybridized carbons (Fsp3) is 0.400. The Bertz CT molecular complexity index is 500. The van der Waals surface area contributed by atoms with E-state index in [1.165, 1.54) is 0 Å². The van der Waals surface area contributed by atoms with Gasteiger partial charge in [0.05, 0.1) is 18.3 Å². The first-order valence-corrected chi connectivity index (χ1v) is 5.34. The smallest absolute Gasteiger partial charge is 0.244 e. The molecule has 17 heavy (non-hydrogen) atoms. The standard InChI is InChI=1S/C10H11N5O2/c16-6-3-7(13-4-6)10-14-9(15-17-10)8-5-11-1-2-12-8/h1-2,5-7,13,16H,3-4H2/t6-,7+/m0/s1. The SMILES string of the molecule is O[C@@H]1CN[C@@H](c2nc(-c3cnccn3)no2)C1. The van der Waals surface area contributed by atoms with E-state index in [2.05, 4.69) is 25.4 Å². The van der Waals surface area contributed by atoms with Gasteiger partial charge in [0.15, 0.2) is 0 Å². The molecule has 7 nitrogen and oxygen atoms in total. The van der Waals surface area contributed by atoms with Crippen LogP contribution in [0, 0.1) is 0 Å². The van der Waals surface area contributed by atoms with Gasteiger partial charge in [-0.1, -0.05) is 5.16 Å². The van der Waals surface area contributed by atoms with Crippen molar-refractivity contribution in [1.29, 1.82) is 0 Å². The summed E-state index contributed by atoms with van der Waals surface area (Å²) in [5, 5.41) is 16.4. The molecule has 2 atom stereocenters. The third-order valence-electron chi connectivity index (χ3n) is 2.64. The Morgan fingerprint density at radius 1 is 1.41 bits per heavy atom. The summed E-state index contributed by atoms with van der Waals surface area (Å²) >= 11 is 0. The van der Waals surface area contributed by atoms with E-state index in [4.69, 9.17) is 4.52 Å². The van der Waals surface area contributed by atoms with E-state index < -0.39 is 0 Å². The Balaban J connectivity index is 1.84. The second-order valence-electron chi connectivity index (χ2n) is 3.90. The normalized spacial score (nSPS) is 24.1. The molecule has 0 bridgehead atoms. The highest BCUT2D eigenvalue weighted by atomic mass is 16.5. The number of nitrogens with zero attached hydrogens (tertiary/aromatic N) is 4. The number of hydrogen-bond acceptors (Lipinski definition) is 7. The fourth-order valence-corrected chi connectivity index (χ4v) is 1.80. The average Bonchev–Trinajstić information content (AvgIpc) is 2.98. The molecule has 3 heterocycles. The molecule has 0 aromatic carbocycles. The Hall–Kier alpha value is -1.86. The zero-order chi connectivity index (χ0) is 11.7. The van der Waals surface area contributed by atoms with Crippen molar-refractivity contribution < 1.29 is 9.63 Å². The third-order valence-corrected chi connectivity index (χ3v) is 2.64. The second-order valence-corrected chi connectivity index (χ2v) is 3.90. The van der Waals surface area contributed by atoms with Gasteiger partial charge in [-0.2, -0.15) is 4.98 Å². The topological polar surface area (TPSA) is 97.0 Å². The van der Waals surface area contributed by atoms with Crippen molar-refractivity contribution in [3.8, 4) is 11.5 Å². The zero-order valence-corrected chi connectivity index (χ0v) is 8.95. The number of hydrogen-bond donors (Lipinski definition) is 2. The van der Waals surface area contributed by atoms with Crippen molar-refractivity contribution in [2.24, 2.45) is 0 Å². The number of nitrogens with one attached hydrogen (secondary N) is 1. The summed E-state index contributed by atoms with van der Waals surface area (Å²) in [5.41, 5.74) is 0.570. The van der Waals surface area contributed by atoms with Crippen LogP contribution in [-0.2, 0) is 0 Å². The minimum Gasteiger partial charge on any atom is -0.392 e. The van der Waals surface area contributed by atoms with Gasteiger partial charge in [-0.15, -0.1) is 0 Å². The van der Waals surface area contributed by atoms with E-state index in [1.54, 1.807) is 18.6 Å². The van der Waals surface area contributed by atoms with Gasteiger partial charge in [-0.05, 0) is 6.42 Å². The maximum absolute atomic E-state index is 9.41. The highest BCUT2D eigenvalue weighted by Gasteiger charge is 2.28. The number of aliphatic hydroxyl groups is 1. The van der Waals surface area contributed by atoms with Gasteiger partial charge in [-0.25, -0.2) is 4.98 Å². The van der Waals surface area contributed by atoms with Crippen LogP contribution in [0.3, 0.4) is 0 Å². The number of aliphatic hydroxyl groups excluding tert-OH is 1. The highest BCUT2D eigenvalue weighted by molar-refractivity contribution is 5.45. The second kappa shape index (κ2) is 4.19. The largest absolute Gasteiger partial charge is 0.392 e. The van der Waals surface area contributed by atoms with E-state index in [1.807, 2.05) is 0 Å². The molecule has 88 valence electrons. The molecule has 1 aliphatic heterocycles. The molecule has 1 saturated heterocycles. The van der Waals surface area contributed by atoms with E-state index >= 15 is 0 Å². The summed E-state index contributed by atoms with van der Waals surface area (Å²) in [4.78, 5) is 12.3. The van der Waals surface area contributed by atoms with Crippen LogP contribution in [0.4, 0.5) is 0 Å². The molecule has 1 fully saturated rings. The molecular formula is C10H11N5O2. The van der Waals surface area contributed by atoms with Gasteiger partial charge >= 0.3 is 0 Å². The minimum atomic E-state index is -0.355. The Kier molecular flexibility index (Phi) is 2.54. The maximum Gasteiger partial charge on any atom is 0.244 e. The van der Waals surface area contributed by atoms with Crippen molar-refractivity contribution in [2.75, 3.05) is 6.54 Å². The quantitative estimate of drug-likeness (QED) is 0.748. The first-order valence-electron chi connectivity index (χ1n) is 5.34. The monoisotopic (exact) mass is 233 g/mol. The number of rotatable bonds is 2. The van der Waals surface area contributed by atoms with Gasteiger partial charge in [-0.3, -0.25) is 4.98 Å². The molecule has 0 saturated carbocycles. The van der Waals surface area contributed by atoms with Gasteiger partial charge in [0.25, 0.3) is 0 Å². The van der Waals surface area contributed by atoms with E-state index in [0.29, 0.717) is 30.4 Å². The van der Waals surface area contributed by atoms with Crippen LogP contribution >= 0.6 is 0 Å². The maximum atomic E-state index is 9.41. The van der Waals surface area contributed by atoms with Crippen molar-refractivity contribution in [3.63, 3.8) is 0 Å². The third kappa shape index (κ3) is 2.02. The van der Waals surface area contributed by atoms with Crippen LogP contribution < -0.4 is 5.32 Å². The van der Waals surface area contributed by atoms with E-state index in [0.717, 1.165) is 0 Å². The fourth-order valence-electron chi connectivity index (χ4n) is 1.80. The van der Waals surface area contributed by atoms with E-state index in [-0.39, 0.29) is 12.1 Å². The van der Waals surface area contributed by atoms with Crippen molar-refractivity contribution in [3.05, 3.63) is 24.5 Å². The summed E-state index contributed by atoms with van der Waals surface area (Å²) in [6.07, 6.45) is 4.96. The van der Waals surface area contributed by atoms with Crippen molar-refractivity contribution in [2.45, 2.75) is 18.6 Å². The lowest BCUT2D eigenvalue weighted by atomic mass is 10.2. The van der Waals surface area contributed by atoms with Crippen LogP contribution in [0.25, 0.3) is 11.5 Å². The van der Waals surface area contributed by atoms with Crippen LogP contribution in [0.15, 0.2) is 23.1 Å². The molecule has 1 aliphatic rings. The van der Waals surface area contributed by atoms with Crippen molar-refractivity contribution >= 4 is 0 Å². The molecule has 2 aromatic heterocycles.